The molecule has 0 spiro atoms. The van der Waals surface area contributed by atoms with E-state index in [1.54, 1.807) is 17.5 Å². The van der Waals surface area contributed by atoms with Crippen LogP contribution in [0, 0.1) is 0 Å². The molecule has 6 heteroatoms. The number of anilines is 2. The number of aromatic nitrogens is 1. The molecule has 3 aromatic rings. The van der Waals surface area contributed by atoms with Crippen LogP contribution in [0.5, 0.6) is 11.5 Å². The number of nitrogens with zero attached hydrogens (tertiary/aromatic N) is 1. The molecule has 0 radical (unpaired) electrons. The standard InChI is InChI=1S/C16H11BrN2O2S/c17-11-3-1-2-10(8-11)14-12(19-16-18-6-7-22-16)4-5-13-15(14)21-9-20-13/h1-8H,9H2,(H,18,19). The van der Waals surface area contributed by atoms with Crippen molar-refractivity contribution in [2.75, 3.05) is 12.1 Å². The first kappa shape index (κ1) is 13.6. The van der Waals surface area contributed by atoms with Crippen molar-refractivity contribution in [2.24, 2.45) is 0 Å². The number of hydrogen-bond acceptors (Lipinski definition) is 5. The van der Waals surface area contributed by atoms with Gasteiger partial charge in [-0.1, -0.05) is 28.1 Å². The van der Waals surface area contributed by atoms with Crippen LogP contribution in [0.15, 0.2) is 52.4 Å². The molecule has 4 rings (SSSR count). The number of halogens is 1. The highest BCUT2D eigenvalue weighted by atomic mass is 79.9. The Labute approximate surface area is 139 Å². The molecule has 0 unspecified atom stereocenters. The number of benzene rings is 2. The third-order valence-corrected chi connectivity index (χ3v) is 4.51. The Morgan fingerprint density at radius 1 is 1.18 bits per heavy atom. The second-order valence-electron chi connectivity index (χ2n) is 4.69. The zero-order valence-electron chi connectivity index (χ0n) is 11.4. The summed E-state index contributed by atoms with van der Waals surface area (Å²) < 4.78 is 12.2. The molecule has 0 saturated carbocycles. The van der Waals surface area contributed by atoms with E-state index in [1.165, 1.54) is 0 Å². The van der Waals surface area contributed by atoms with Gasteiger partial charge >= 0.3 is 0 Å². The maximum Gasteiger partial charge on any atom is 0.231 e. The maximum absolute atomic E-state index is 5.69. The van der Waals surface area contributed by atoms with E-state index in [4.69, 9.17) is 9.47 Å². The van der Waals surface area contributed by atoms with Gasteiger partial charge in [0, 0.05) is 16.0 Å². The van der Waals surface area contributed by atoms with Gasteiger partial charge in [-0.25, -0.2) is 4.98 Å². The third-order valence-electron chi connectivity index (χ3n) is 3.33. The molecule has 0 aliphatic carbocycles. The van der Waals surface area contributed by atoms with Crippen molar-refractivity contribution >= 4 is 38.1 Å². The minimum atomic E-state index is 0.247. The highest BCUT2D eigenvalue weighted by Crippen LogP contribution is 2.47. The number of fused-ring (bicyclic) bond motifs is 1. The lowest BCUT2D eigenvalue weighted by atomic mass is 10.0. The van der Waals surface area contributed by atoms with Gasteiger partial charge in [0.05, 0.1) is 11.3 Å². The van der Waals surface area contributed by atoms with E-state index in [1.807, 2.05) is 29.6 Å². The van der Waals surface area contributed by atoms with Gasteiger partial charge in [0.1, 0.15) is 0 Å². The number of rotatable bonds is 3. The quantitative estimate of drug-likeness (QED) is 0.696. The normalized spacial score (nSPS) is 12.4. The fraction of sp³-hybridized carbons (Fsp3) is 0.0625. The lowest BCUT2D eigenvalue weighted by molar-refractivity contribution is 0.174. The molecule has 1 N–H and O–H groups in total. The molecular formula is C16H11BrN2O2S. The Hall–Kier alpha value is -2.05. The van der Waals surface area contributed by atoms with Crippen LogP contribution in [-0.2, 0) is 0 Å². The van der Waals surface area contributed by atoms with Gasteiger partial charge in [-0.05, 0) is 29.8 Å². The summed E-state index contributed by atoms with van der Waals surface area (Å²) in [6.07, 6.45) is 1.78. The van der Waals surface area contributed by atoms with Crippen LogP contribution in [0.2, 0.25) is 0 Å². The first-order valence-corrected chi connectivity index (χ1v) is 8.33. The van der Waals surface area contributed by atoms with E-state index in [9.17, 15) is 0 Å². The molecule has 110 valence electrons. The number of thiazole rings is 1. The molecule has 1 aromatic heterocycles. The molecule has 0 fully saturated rings. The van der Waals surface area contributed by atoms with Crippen molar-refractivity contribution in [3.05, 3.63) is 52.4 Å². The van der Waals surface area contributed by atoms with Crippen molar-refractivity contribution < 1.29 is 9.47 Å². The first-order valence-electron chi connectivity index (χ1n) is 6.66. The molecule has 1 aliphatic rings. The Kier molecular flexibility index (Phi) is 3.48. The Balaban J connectivity index is 1.88. The van der Waals surface area contributed by atoms with Crippen molar-refractivity contribution in [2.45, 2.75) is 0 Å². The van der Waals surface area contributed by atoms with E-state index in [2.05, 4.69) is 38.4 Å². The number of ether oxygens (including phenoxy) is 2. The summed E-state index contributed by atoms with van der Waals surface area (Å²) in [5, 5.41) is 6.14. The van der Waals surface area contributed by atoms with Gasteiger partial charge < -0.3 is 14.8 Å². The zero-order chi connectivity index (χ0) is 14.9. The Bertz CT molecular complexity index is 821. The van der Waals surface area contributed by atoms with E-state index >= 15 is 0 Å². The smallest absolute Gasteiger partial charge is 0.231 e. The molecule has 2 aromatic carbocycles. The first-order chi connectivity index (χ1) is 10.8. The summed E-state index contributed by atoms with van der Waals surface area (Å²) in [6, 6.07) is 12.0. The molecule has 0 saturated heterocycles. The Morgan fingerprint density at radius 3 is 2.95 bits per heavy atom. The highest BCUT2D eigenvalue weighted by Gasteiger charge is 2.22. The van der Waals surface area contributed by atoms with Crippen LogP contribution in [0.1, 0.15) is 0 Å². The summed E-state index contributed by atoms with van der Waals surface area (Å²) in [7, 11) is 0. The third kappa shape index (κ3) is 2.44. The average molecular weight is 375 g/mol. The zero-order valence-corrected chi connectivity index (χ0v) is 13.8. The lowest BCUT2D eigenvalue weighted by Crippen LogP contribution is -1.96. The predicted molar refractivity (Wildman–Crippen MR) is 91.1 cm³/mol. The number of hydrogen-bond donors (Lipinski definition) is 1. The Morgan fingerprint density at radius 2 is 2.14 bits per heavy atom. The second-order valence-corrected chi connectivity index (χ2v) is 6.50. The van der Waals surface area contributed by atoms with Gasteiger partial charge in [-0.2, -0.15) is 0 Å². The molecule has 22 heavy (non-hydrogen) atoms. The van der Waals surface area contributed by atoms with Gasteiger partial charge in [-0.3, -0.25) is 0 Å². The van der Waals surface area contributed by atoms with Crippen LogP contribution < -0.4 is 14.8 Å². The van der Waals surface area contributed by atoms with Crippen LogP contribution in [0.3, 0.4) is 0 Å². The van der Waals surface area contributed by atoms with Gasteiger partial charge in [0.25, 0.3) is 0 Å². The van der Waals surface area contributed by atoms with E-state index < -0.39 is 0 Å². The lowest BCUT2D eigenvalue weighted by Gasteiger charge is -2.13. The highest BCUT2D eigenvalue weighted by molar-refractivity contribution is 9.10. The van der Waals surface area contributed by atoms with Crippen molar-refractivity contribution in [1.29, 1.82) is 0 Å². The molecule has 0 amide bonds. The van der Waals surface area contributed by atoms with Crippen molar-refractivity contribution in [1.82, 2.24) is 4.98 Å². The van der Waals surface area contributed by atoms with Crippen LogP contribution in [-0.4, -0.2) is 11.8 Å². The summed E-state index contributed by atoms with van der Waals surface area (Å²) in [6.45, 7) is 0.247. The molecule has 4 nitrogen and oxygen atoms in total. The van der Waals surface area contributed by atoms with E-state index in [0.717, 1.165) is 37.9 Å². The summed E-state index contributed by atoms with van der Waals surface area (Å²) in [5.41, 5.74) is 2.97. The molecule has 1 aliphatic heterocycles. The van der Waals surface area contributed by atoms with Crippen molar-refractivity contribution in [3.8, 4) is 22.6 Å². The van der Waals surface area contributed by atoms with Crippen LogP contribution in [0.25, 0.3) is 11.1 Å². The van der Waals surface area contributed by atoms with Gasteiger partial charge in [-0.15, -0.1) is 11.3 Å². The second kappa shape index (κ2) is 5.62. The molecule has 0 atom stereocenters. The fourth-order valence-electron chi connectivity index (χ4n) is 2.41. The van der Waals surface area contributed by atoms with Crippen LogP contribution >= 0.6 is 27.3 Å². The largest absolute Gasteiger partial charge is 0.454 e. The SMILES string of the molecule is Brc1cccc(-c2c(Nc3nccs3)ccc3c2OCO3)c1. The predicted octanol–water partition coefficient (Wildman–Crippen LogP) is 5.04. The minimum Gasteiger partial charge on any atom is -0.454 e. The van der Waals surface area contributed by atoms with Gasteiger partial charge in [0.15, 0.2) is 16.6 Å². The summed E-state index contributed by atoms with van der Waals surface area (Å²) >= 11 is 5.08. The molecule has 0 bridgehead atoms. The van der Waals surface area contributed by atoms with Crippen molar-refractivity contribution in [3.63, 3.8) is 0 Å². The summed E-state index contributed by atoms with van der Waals surface area (Å²) in [4.78, 5) is 4.28. The minimum absolute atomic E-state index is 0.247. The topological polar surface area (TPSA) is 43.4 Å². The van der Waals surface area contributed by atoms with Crippen LogP contribution in [0.4, 0.5) is 10.8 Å². The van der Waals surface area contributed by atoms with E-state index in [0.29, 0.717) is 0 Å². The monoisotopic (exact) mass is 374 g/mol. The summed E-state index contributed by atoms with van der Waals surface area (Å²) in [5.74, 6) is 1.53. The van der Waals surface area contributed by atoms with E-state index in [-0.39, 0.29) is 6.79 Å². The fourth-order valence-corrected chi connectivity index (χ4v) is 3.35. The maximum atomic E-state index is 5.69. The van der Waals surface area contributed by atoms with Gasteiger partial charge in [0.2, 0.25) is 6.79 Å². The molecular weight excluding hydrogens is 364 g/mol. The average Bonchev–Trinajstić information content (AvgIpc) is 3.18. The molecule has 2 heterocycles. The number of nitrogens with one attached hydrogen (secondary N) is 1.